The summed E-state index contributed by atoms with van der Waals surface area (Å²) < 4.78 is 0. The van der Waals surface area contributed by atoms with E-state index in [-0.39, 0.29) is 60.2 Å². The van der Waals surface area contributed by atoms with Gasteiger partial charge in [-0.15, -0.1) is 0 Å². The van der Waals surface area contributed by atoms with E-state index in [4.69, 9.17) is 10.4 Å². The summed E-state index contributed by atoms with van der Waals surface area (Å²) in [7, 11) is 3.80. The number of aliphatic carboxylic acids is 1. The van der Waals surface area contributed by atoms with Crippen LogP contribution in [0.4, 0.5) is 47.1 Å². The fourth-order valence-electron chi connectivity index (χ4n) is 3.27. The van der Waals surface area contributed by atoms with Crippen LogP contribution in [0.1, 0.15) is 24.2 Å². The smallest absolute Gasteiger partial charge is 0.337 e. The molecule has 1 aromatic carbocycles. The molecule has 2 aromatic heterocycles. The zero-order valence-corrected chi connectivity index (χ0v) is 24.9. The SMILES string of the molecule is CC(C)=NCNc1nc(/N=C\COO)nc(Nc2ccc(Nc3nc(NCCN(C)C)nc(NCC(=O)O)n3)c(C(=O)O)c2)n1. The van der Waals surface area contributed by atoms with Gasteiger partial charge in [0.2, 0.25) is 29.7 Å². The quantitative estimate of drug-likeness (QED) is 0.0567. The summed E-state index contributed by atoms with van der Waals surface area (Å²) in [6, 6.07) is 4.39. The number of aromatic carboxylic acids is 1. The molecule has 0 amide bonds. The Morgan fingerprint density at radius 1 is 0.911 bits per heavy atom. The Balaban J connectivity index is 1.89. The highest BCUT2D eigenvalue weighted by Crippen LogP contribution is 2.26. The molecule has 2 heterocycles. The molecule has 0 aliphatic carbocycles. The maximum absolute atomic E-state index is 12.2. The minimum atomic E-state index is -1.26. The zero-order chi connectivity index (χ0) is 32.8. The second kappa shape index (κ2) is 16.9. The first-order chi connectivity index (χ1) is 21.5. The van der Waals surface area contributed by atoms with Crippen molar-refractivity contribution in [2.75, 3.05) is 73.6 Å². The van der Waals surface area contributed by atoms with Gasteiger partial charge in [-0.25, -0.2) is 14.7 Å². The first kappa shape index (κ1) is 33.9. The Kier molecular flexibility index (Phi) is 12.7. The van der Waals surface area contributed by atoms with Crippen molar-refractivity contribution in [3.05, 3.63) is 23.8 Å². The second-order valence-electron chi connectivity index (χ2n) is 9.43. The second-order valence-corrected chi connectivity index (χ2v) is 9.43. The van der Waals surface area contributed by atoms with Crippen LogP contribution in [0.15, 0.2) is 28.2 Å². The van der Waals surface area contributed by atoms with Crippen LogP contribution in [-0.4, -0.2) is 121 Å². The first-order valence-electron chi connectivity index (χ1n) is 13.3. The summed E-state index contributed by atoms with van der Waals surface area (Å²) in [4.78, 5) is 62.7. The number of anilines is 7. The molecule has 20 heteroatoms. The van der Waals surface area contributed by atoms with Crippen molar-refractivity contribution < 1.29 is 29.9 Å². The molecule has 0 aliphatic rings. The average Bonchev–Trinajstić information content (AvgIpc) is 2.96. The molecule has 0 unspecified atom stereocenters. The van der Waals surface area contributed by atoms with Crippen LogP contribution < -0.4 is 26.6 Å². The minimum absolute atomic E-state index is 0.0156. The number of hydrogen-bond donors (Lipinski definition) is 8. The van der Waals surface area contributed by atoms with Crippen molar-refractivity contribution in [1.82, 2.24) is 34.8 Å². The summed E-state index contributed by atoms with van der Waals surface area (Å²) in [5, 5.41) is 41.9. The Bertz CT molecular complexity index is 1530. The molecule has 240 valence electrons. The highest BCUT2D eigenvalue weighted by atomic mass is 17.1. The van der Waals surface area contributed by atoms with E-state index in [0.29, 0.717) is 18.8 Å². The van der Waals surface area contributed by atoms with Gasteiger partial charge in [0.1, 0.15) is 19.8 Å². The van der Waals surface area contributed by atoms with Gasteiger partial charge in [0, 0.05) is 30.7 Å². The monoisotopic (exact) mass is 626 g/mol. The van der Waals surface area contributed by atoms with Gasteiger partial charge in [-0.05, 0) is 46.1 Å². The lowest BCUT2D eigenvalue weighted by atomic mass is 10.1. The van der Waals surface area contributed by atoms with Gasteiger partial charge >= 0.3 is 11.9 Å². The predicted octanol–water partition coefficient (Wildman–Crippen LogP) is 1.75. The minimum Gasteiger partial charge on any atom is -0.480 e. The van der Waals surface area contributed by atoms with E-state index in [2.05, 4.69) is 71.4 Å². The number of aromatic nitrogens is 6. The fourth-order valence-corrected chi connectivity index (χ4v) is 3.27. The van der Waals surface area contributed by atoms with Crippen LogP contribution in [0.2, 0.25) is 0 Å². The average molecular weight is 627 g/mol. The number of nitrogens with zero attached hydrogens (tertiary/aromatic N) is 9. The van der Waals surface area contributed by atoms with Crippen molar-refractivity contribution in [3.63, 3.8) is 0 Å². The van der Waals surface area contributed by atoms with E-state index in [1.54, 1.807) is 6.07 Å². The summed E-state index contributed by atoms with van der Waals surface area (Å²) in [6.45, 7) is 4.38. The van der Waals surface area contributed by atoms with Crippen molar-refractivity contribution in [3.8, 4) is 0 Å². The number of hydrogen-bond acceptors (Lipinski definition) is 18. The van der Waals surface area contributed by atoms with Crippen LogP contribution in [0.5, 0.6) is 0 Å². The van der Waals surface area contributed by atoms with E-state index >= 15 is 0 Å². The van der Waals surface area contributed by atoms with E-state index in [1.165, 1.54) is 18.3 Å². The standard InChI is InChI=1S/C25H34N14O6/c1-14(2)29-13-30-23-34-21(27-8-10-45-44)35-24(38-23)31-15-5-6-17(16(11-15)19(42)43)32-25-36-20(26-7-9-39(3)4)33-22(37-25)28-12-18(40)41/h5-6,8,11,44H,7,9-10,12-13H2,1-4H3,(H,40,41)(H,42,43)(H2,30,31,34,35,38)(H3,26,28,32,33,36,37)/b27-8-. The molecule has 20 nitrogen and oxygen atoms in total. The number of carboxylic acids is 2. The van der Waals surface area contributed by atoms with Gasteiger partial charge in [0.15, 0.2) is 0 Å². The molecule has 0 atom stereocenters. The van der Waals surface area contributed by atoms with Gasteiger partial charge in [-0.2, -0.15) is 29.9 Å². The lowest BCUT2D eigenvalue weighted by Crippen LogP contribution is -2.22. The maximum Gasteiger partial charge on any atom is 0.337 e. The highest BCUT2D eigenvalue weighted by molar-refractivity contribution is 5.96. The topological polar surface area (TPSA) is 270 Å². The molecule has 0 bridgehead atoms. The third-order valence-electron chi connectivity index (χ3n) is 5.24. The molecule has 0 fully saturated rings. The maximum atomic E-state index is 12.2. The zero-order valence-electron chi connectivity index (χ0n) is 24.9. The van der Waals surface area contributed by atoms with Crippen molar-refractivity contribution in [1.29, 1.82) is 0 Å². The third-order valence-corrected chi connectivity index (χ3v) is 5.24. The molecule has 0 saturated heterocycles. The van der Waals surface area contributed by atoms with E-state index < -0.39 is 18.5 Å². The van der Waals surface area contributed by atoms with E-state index in [0.717, 1.165) is 5.71 Å². The van der Waals surface area contributed by atoms with Crippen molar-refractivity contribution in [2.24, 2.45) is 9.98 Å². The van der Waals surface area contributed by atoms with Crippen LogP contribution in [-0.2, 0) is 9.68 Å². The van der Waals surface area contributed by atoms with Crippen LogP contribution in [0.25, 0.3) is 0 Å². The number of carboxylic acid groups (broad SMARTS) is 2. The number of likely N-dealkylation sites (N-methyl/N-ethyl adjacent to an activating group) is 1. The summed E-state index contributed by atoms with van der Waals surface area (Å²) in [5.74, 6) is -2.11. The number of benzene rings is 1. The third kappa shape index (κ3) is 11.9. The highest BCUT2D eigenvalue weighted by Gasteiger charge is 2.16. The van der Waals surface area contributed by atoms with Gasteiger partial charge in [-0.1, -0.05) is 0 Å². The Morgan fingerprint density at radius 3 is 2.20 bits per heavy atom. The molecule has 0 aliphatic heterocycles. The molecule has 3 rings (SSSR count). The van der Waals surface area contributed by atoms with Crippen LogP contribution in [0.3, 0.4) is 0 Å². The lowest BCUT2D eigenvalue weighted by Gasteiger charge is -2.14. The predicted molar refractivity (Wildman–Crippen MR) is 167 cm³/mol. The molecule has 3 aromatic rings. The molecule has 0 spiro atoms. The number of rotatable bonds is 18. The fraction of sp³-hybridized carbons (Fsp3) is 0.360. The molecule has 45 heavy (non-hydrogen) atoms. The van der Waals surface area contributed by atoms with E-state index in [1.807, 2.05) is 32.8 Å². The number of nitrogens with one attached hydrogen (secondary N) is 5. The number of carbonyl (C=O) groups is 2. The molecule has 0 saturated carbocycles. The lowest BCUT2D eigenvalue weighted by molar-refractivity contribution is -0.226. The van der Waals surface area contributed by atoms with Gasteiger partial charge in [0.05, 0.1) is 11.3 Å². The summed E-state index contributed by atoms with van der Waals surface area (Å²) in [6.07, 6.45) is 1.24. The first-order valence-corrected chi connectivity index (χ1v) is 13.3. The van der Waals surface area contributed by atoms with Gasteiger partial charge in [-0.3, -0.25) is 15.0 Å². The summed E-state index contributed by atoms with van der Waals surface area (Å²) in [5.41, 5.74) is 1.14. The normalized spacial score (nSPS) is 10.9. The Hall–Kier alpha value is -5.60. The Morgan fingerprint density at radius 2 is 1.56 bits per heavy atom. The van der Waals surface area contributed by atoms with Gasteiger partial charge < -0.3 is 41.7 Å². The van der Waals surface area contributed by atoms with Crippen LogP contribution in [0, 0.1) is 0 Å². The molecule has 8 N–H and O–H groups in total. The molecule has 0 radical (unpaired) electrons. The van der Waals surface area contributed by atoms with Crippen molar-refractivity contribution in [2.45, 2.75) is 13.8 Å². The molecular formula is C25H34N14O6. The van der Waals surface area contributed by atoms with E-state index in [9.17, 15) is 14.7 Å². The molecular weight excluding hydrogens is 592 g/mol. The summed E-state index contributed by atoms with van der Waals surface area (Å²) >= 11 is 0. The van der Waals surface area contributed by atoms with Gasteiger partial charge in [0.25, 0.3) is 5.95 Å². The Labute approximate surface area is 257 Å². The number of aliphatic imine (C=N–C) groups is 2. The largest absolute Gasteiger partial charge is 0.480 e. The van der Waals surface area contributed by atoms with Crippen molar-refractivity contribution >= 4 is 70.9 Å². The van der Waals surface area contributed by atoms with Crippen LogP contribution >= 0.6 is 0 Å².